The molecule has 0 bridgehead atoms. The van der Waals surface area contributed by atoms with E-state index in [9.17, 15) is 4.79 Å². The van der Waals surface area contributed by atoms with Gasteiger partial charge in [-0.2, -0.15) is 5.10 Å². The SMILES string of the molecule is [C-]#[N+]c1c(OC2CC2)cc(Cl)cc1C(=NC)/C(=C\N)c1cc(Cl)c2c(=O)[nH]nc(CN)c2c1. The van der Waals surface area contributed by atoms with E-state index in [1.807, 2.05) is 0 Å². The lowest BCUT2D eigenvalue weighted by molar-refractivity contribution is 0.305. The zero-order valence-electron chi connectivity index (χ0n) is 17.7. The molecule has 1 aromatic heterocycles. The molecule has 1 aliphatic carbocycles. The Kier molecular flexibility index (Phi) is 6.38. The molecule has 0 unspecified atom stereocenters. The summed E-state index contributed by atoms with van der Waals surface area (Å²) in [5.74, 6) is 0.408. The van der Waals surface area contributed by atoms with E-state index < -0.39 is 5.56 Å². The van der Waals surface area contributed by atoms with Crippen molar-refractivity contribution in [1.29, 1.82) is 0 Å². The number of aliphatic imine (C=N–C) groups is 1. The number of fused-ring (bicyclic) bond motifs is 1. The maximum Gasteiger partial charge on any atom is 0.273 e. The minimum absolute atomic E-state index is 0.0860. The number of aromatic amines is 1. The molecule has 5 N–H and O–H groups in total. The first-order valence-corrected chi connectivity index (χ1v) is 10.9. The highest BCUT2D eigenvalue weighted by Crippen LogP contribution is 2.41. The minimum Gasteiger partial charge on any atom is -0.501 e. The van der Waals surface area contributed by atoms with Gasteiger partial charge in [0.15, 0.2) is 0 Å². The van der Waals surface area contributed by atoms with Gasteiger partial charge in [-0.3, -0.25) is 9.79 Å². The van der Waals surface area contributed by atoms with Gasteiger partial charge in [0, 0.05) is 41.3 Å². The van der Waals surface area contributed by atoms with Gasteiger partial charge in [-0.05, 0) is 42.7 Å². The normalized spacial score (nSPS) is 14.4. The van der Waals surface area contributed by atoms with E-state index in [1.54, 1.807) is 31.3 Å². The number of benzene rings is 2. The highest BCUT2D eigenvalue weighted by molar-refractivity contribution is 6.38. The van der Waals surface area contributed by atoms with Crippen LogP contribution in [-0.2, 0) is 6.54 Å². The van der Waals surface area contributed by atoms with Crippen molar-refractivity contribution >= 4 is 50.9 Å². The van der Waals surface area contributed by atoms with Crippen molar-refractivity contribution in [3.8, 4) is 5.75 Å². The van der Waals surface area contributed by atoms with Gasteiger partial charge in [0.1, 0.15) is 5.75 Å². The average Bonchev–Trinajstić information content (AvgIpc) is 3.61. The molecule has 168 valence electrons. The molecule has 1 heterocycles. The number of hydrogen-bond donors (Lipinski definition) is 3. The van der Waals surface area contributed by atoms with E-state index in [0.29, 0.717) is 50.0 Å². The predicted molar refractivity (Wildman–Crippen MR) is 131 cm³/mol. The van der Waals surface area contributed by atoms with Crippen molar-refractivity contribution in [2.24, 2.45) is 16.5 Å². The molecular formula is C23H20Cl2N6O2. The second kappa shape index (κ2) is 9.24. The Bertz CT molecular complexity index is 1420. The molecule has 0 amide bonds. The maximum atomic E-state index is 12.3. The summed E-state index contributed by atoms with van der Waals surface area (Å²) in [7, 11) is 1.59. The first kappa shape index (κ1) is 22.8. The smallest absolute Gasteiger partial charge is 0.273 e. The molecule has 0 atom stereocenters. The van der Waals surface area contributed by atoms with Gasteiger partial charge in [0.05, 0.1) is 34.5 Å². The first-order valence-electron chi connectivity index (χ1n) is 10.1. The number of aromatic nitrogens is 2. The van der Waals surface area contributed by atoms with Crippen LogP contribution in [0.15, 0.2) is 40.3 Å². The van der Waals surface area contributed by atoms with Gasteiger partial charge in [-0.25, -0.2) is 9.94 Å². The number of rotatable bonds is 6. The Morgan fingerprint density at radius 1 is 1.36 bits per heavy atom. The summed E-state index contributed by atoms with van der Waals surface area (Å²) in [6, 6.07) is 6.64. The van der Waals surface area contributed by atoms with Crippen LogP contribution in [0.4, 0.5) is 5.69 Å². The molecule has 4 rings (SSSR count). The van der Waals surface area contributed by atoms with E-state index in [1.165, 1.54) is 6.20 Å². The molecular weight excluding hydrogens is 463 g/mol. The molecule has 0 radical (unpaired) electrons. The van der Waals surface area contributed by atoms with Crippen LogP contribution < -0.4 is 21.8 Å². The second-order valence-corrected chi connectivity index (χ2v) is 8.31. The van der Waals surface area contributed by atoms with E-state index >= 15 is 0 Å². The summed E-state index contributed by atoms with van der Waals surface area (Å²) in [6.07, 6.45) is 3.34. The van der Waals surface area contributed by atoms with Crippen LogP contribution >= 0.6 is 23.2 Å². The first-order chi connectivity index (χ1) is 15.9. The summed E-state index contributed by atoms with van der Waals surface area (Å²) in [5, 5.41) is 7.84. The van der Waals surface area contributed by atoms with E-state index in [-0.39, 0.29) is 23.1 Å². The standard InChI is InChI=1S/C23H20Cl2N6O2/c1-28-21(15-7-12(24)8-19(22(15)29-2)33-13-3-4-13)16(9-26)11-5-14-18(10-27)30-31-23(32)20(14)17(25)6-11/h5-9,13H,3-4,10,26-27H2,1H3,(H,31,32)/b16-9-,28-21?. The van der Waals surface area contributed by atoms with Crippen molar-refractivity contribution in [2.75, 3.05) is 7.05 Å². The lowest BCUT2D eigenvalue weighted by atomic mass is 9.93. The Labute approximate surface area is 199 Å². The highest BCUT2D eigenvalue weighted by atomic mass is 35.5. The van der Waals surface area contributed by atoms with Crippen molar-refractivity contribution in [3.63, 3.8) is 0 Å². The monoisotopic (exact) mass is 482 g/mol. The van der Waals surface area contributed by atoms with Gasteiger partial charge in [-0.15, -0.1) is 0 Å². The van der Waals surface area contributed by atoms with Crippen molar-refractivity contribution < 1.29 is 4.74 Å². The number of ether oxygens (including phenoxy) is 1. The van der Waals surface area contributed by atoms with Gasteiger partial charge in [0.25, 0.3) is 5.56 Å². The molecule has 8 nitrogen and oxygen atoms in total. The fraction of sp³-hybridized carbons (Fsp3) is 0.217. The van der Waals surface area contributed by atoms with Crippen LogP contribution in [0, 0.1) is 6.57 Å². The highest BCUT2D eigenvalue weighted by Gasteiger charge is 2.27. The van der Waals surface area contributed by atoms with Crippen LogP contribution in [0.3, 0.4) is 0 Å². The van der Waals surface area contributed by atoms with Gasteiger partial charge in [-0.1, -0.05) is 23.2 Å². The zero-order valence-corrected chi connectivity index (χ0v) is 19.2. The number of nitrogens with zero attached hydrogens (tertiary/aromatic N) is 3. The zero-order chi connectivity index (χ0) is 23.7. The number of nitrogens with one attached hydrogen (secondary N) is 1. The number of nitrogens with two attached hydrogens (primary N) is 2. The lowest BCUT2D eigenvalue weighted by Gasteiger charge is -2.17. The van der Waals surface area contributed by atoms with Gasteiger partial charge in [0.2, 0.25) is 5.69 Å². The fourth-order valence-corrected chi connectivity index (χ4v) is 4.15. The Hall–Kier alpha value is -3.38. The summed E-state index contributed by atoms with van der Waals surface area (Å²) >= 11 is 12.8. The van der Waals surface area contributed by atoms with Crippen LogP contribution in [0.5, 0.6) is 5.75 Å². The average molecular weight is 483 g/mol. The summed E-state index contributed by atoms with van der Waals surface area (Å²) in [4.78, 5) is 20.4. The van der Waals surface area contributed by atoms with E-state index in [4.69, 9.17) is 46.0 Å². The van der Waals surface area contributed by atoms with Crippen LogP contribution in [0.25, 0.3) is 21.2 Å². The number of hydrogen-bond acceptors (Lipinski definition) is 6. The molecule has 10 heteroatoms. The molecule has 1 saturated carbocycles. The minimum atomic E-state index is -0.423. The Balaban J connectivity index is 1.91. The molecule has 1 fully saturated rings. The lowest BCUT2D eigenvalue weighted by Crippen LogP contribution is -2.14. The number of halogens is 2. The van der Waals surface area contributed by atoms with Crippen LogP contribution in [-0.4, -0.2) is 29.1 Å². The Morgan fingerprint density at radius 2 is 2.12 bits per heavy atom. The van der Waals surface area contributed by atoms with E-state index in [0.717, 1.165) is 12.8 Å². The number of H-pyrrole nitrogens is 1. The Morgan fingerprint density at radius 3 is 2.73 bits per heavy atom. The second-order valence-electron chi connectivity index (χ2n) is 7.47. The quantitative estimate of drug-likeness (QED) is 0.358. The topological polar surface area (TPSA) is 124 Å². The summed E-state index contributed by atoms with van der Waals surface area (Å²) in [5.41, 5.74) is 14.2. The van der Waals surface area contributed by atoms with Crippen molar-refractivity contribution in [3.05, 3.63) is 79.1 Å². The molecule has 1 aliphatic rings. The third-order valence-corrected chi connectivity index (χ3v) is 5.81. The van der Waals surface area contributed by atoms with E-state index in [2.05, 4.69) is 20.0 Å². The molecule has 0 saturated heterocycles. The maximum absolute atomic E-state index is 12.3. The summed E-state index contributed by atoms with van der Waals surface area (Å²) in [6.45, 7) is 7.86. The van der Waals surface area contributed by atoms with Crippen LogP contribution in [0.1, 0.15) is 29.7 Å². The largest absolute Gasteiger partial charge is 0.501 e. The number of allylic oxidation sites excluding steroid dienone is 1. The van der Waals surface area contributed by atoms with Crippen molar-refractivity contribution in [2.45, 2.75) is 25.5 Å². The third-order valence-electron chi connectivity index (χ3n) is 5.30. The van der Waals surface area contributed by atoms with Crippen LogP contribution in [0.2, 0.25) is 10.0 Å². The molecule has 0 aliphatic heterocycles. The van der Waals surface area contributed by atoms with Crippen molar-refractivity contribution in [1.82, 2.24) is 10.2 Å². The molecule has 2 aromatic carbocycles. The van der Waals surface area contributed by atoms with Gasteiger partial charge >= 0.3 is 0 Å². The molecule has 3 aromatic rings. The third kappa shape index (κ3) is 4.31. The molecule has 33 heavy (non-hydrogen) atoms. The molecule has 0 spiro atoms. The summed E-state index contributed by atoms with van der Waals surface area (Å²) < 4.78 is 5.92. The predicted octanol–water partition coefficient (Wildman–Crippen LogP) is 4.20. The van der Waals surface area contributed by atoms with Gasteiger partial charge < -0.3 is 16.2 Å². The fourth-order valence-electron chi connectivity index (χ4n) is 3.63.